The van der Waals surface area contributed by atoms with E-state index in [2.05, 4.69) is 6.58 Å². The lowest BCUT2D eigenvalue weighted by Gasteiger charge is -2.09. The maximum Gasteiger partial charge on any atom is 0.123 e. The zero-order valence-electron chi connectivity index (χ0n) is 7.05. The number of hydrogen-bond acceptors (Lipinski definition) is 1. The fourth-order valence-electron chi connectivity index (χ4n) is 1.10. The van der Waals surface area contributed by atoms with Crippen molar-refractivity contribution in [1.29, 1.82) is 0 Å². The third-order valence-corrected chi connectivity index (χ3v) is 1.85. The van der Waals surface area contributed by atoms with Gasteiger partial charge in [0, 0.05) is 6.04 Å². The molecule has 12 heavy (non-hydrogen) atoms. The summed E-state index contributed by atoms with van der Waals surface area (Å²) in [4.78, 5) is 0. The molecule has 1 aromatic carbocycles. The number of aryl methyl sites for hydroxylation is 1. The van der Waals surface area contributed by atoms with Gasteiger partial charge in [-0.3, -0.25) is 0 Å². The smallest absolute Gasteiger partial charge is 0.123 e. The molecule has 0 saturated carbocycles. The van der Waals surface area contributed by atoms with Gasteiger partial charge in [-0.25, -0.2) is 4.39 Å². The van der Waals surface area contributed by atoms with Crippen LogP contribution in [0.4, 0.5) is 4.39 Å². The Morgan fingerprint density at radius 1 is 1.58 bits per heavy atom. The van der Waals surface area contributed by atoms with Crippen molar-refractivity contribution >= 4 is 0 Å². The van der Waals surface area contributed by atoms with E-state index in [1.54, 1.807) is 12.1 Å². The minimum absolute atomic E-state index is 0.257. The summed E-state index contributed by atoms with van der Waals surface area (Å²) < 4.78 is 12.8. The molecule has 2 heteroatoms. The van der Waals surface area contributed by atoms with Gasteiger partial charge in [0.25, 0.3) is 0 Å². The van der Waals surface area contributed by atoms with Crippen LogP contribution in [-0.2, 0) is 0 Å². The Kier molecular flexibility index (Phi) is 2.61. The highest BCUT2D eigenvalue weighted by atomic mass is 19.1. The zero-order valence-corrected chi connectivity index (χ0v) is 7.05. The summed E-state index contributed by atoms with van der Waals surface area (Å²) in [6.07, 6.45) is 1.60. The molecule has 1 aromatic rings. The van der Waals surface area contributed by atoms with Gasteiger partial charge in [-0.1, -0.05) is 12.1 Å². The molecule has 1 nitrogen and oxygen atoms in total. The van der Waals surface area contributed by atoms with Gasteiger partial charge in [-0.2, -0.15) is 0 Å². The summed E-state index contributed by atoms with van der Waals surface area (Å²) in [7, 11) is 0. The molecule has 0 aliphatic heterocycles. The normalized spacial score (nSPS) is 12.6. The van der Waals surface area contributed by atoms with Gasteiger partial charge in [-0.15, -0.1) is 6.58 Å². The van der Waals surface area contributed by atoms with Crippen LogP contribution in [0.1, 0.15) is 17.2 Å². The van der Waals surface area contributed by atoms with Crippen LogP contribution in [0.15, 0.2) is 30.9 Å². The molecule has 0 aliphatic rings. The van der Waals surface area contributed by atoms with Gasteiger partial charge in [-0.05, 0) is 30.2 Å². The predicted molar refractivity (Wildman–Crippen MR) is 48.3 cm³/mol. The SMILES string of the molecule is C=C[C@@H](N)c1cc(F)ccc1C. The maximum atomic E-state index is 12.8. The molecule has 0 saturated heterocycles. The third kappa shape index (κ3) is 1.71. The predicted octanol–water partition coefficient (Wildman–Crippen LogP) is 2.32. The molecule has 64 valence electrons. The molecule has 0 heterocycles. The van der Waals surface area contributed by atoms with E-state index in [0.29, 0.717) is 0 Å². The average molecular weight is 165 g/mol. The van der Waals surface area contributed by atoms with E-state index in [0.717, 1.165) is 11.1 Å². The summed E-state index contributed by atoms with van der Waals surface area (Å²) in [5.41, 5.74) is 7.47. The second-order valence-corrected chi connectivity index (χ2v) is 2.76. The highest BCUT2D eigenvalue weighted by Gasteiger charge is 2.05. The van der Waals surface area contributed by atoms with Gasteiger partial charge in [0.15, 0.2) is 0 Å². The van der Waals surface area contributed by atoms with E-state index in [4.69, 9.17) is 5.73 Å². The summed E-state index contributed by atoms with van der Waals surface area (Å²) in [6.45, 7) is 5.46. The minimum atomic E-state index is -0.277. The van der Waals surface area contributed by atoms with Crippen molar-refractivity contribution in [2.45, 2.75) is 13.0 Å². The molecular weight excluding hydrogens is 153 g/mol. The molecule has 0 unspecified atom stereocenters. The molecule has 1 atom stereocenters. The Balaban J connectivity index is 3.12. The lowest BCUT2D eigenvalue weighted by Crippen LogP contribution is -2.08. The van der Waals surface area contributed by atoms with Crippen LogP contribution in [-0.4, -0.2) is 0 Å². The number of halogens is 1. The van der Waals surface area contributed by atoms with Crippen LogP contribution >= 0.6 is 0 Å². The van der Waals surface area contributed by atoms with E-state index in [1.807, 2.05) is 6.92 Å². The molecule has 0 fully saturated rings. The first-order valence-electron chi connectivity index (χ1n) is 3.79. The van der Waals surface area contributed by atoms with Gasteiger partial charge < -0.3 is 5.73 Å². The fourth-order valence-corrected chi connectivity index (χ4v) is 1.10. The molecule has 0 aromatic heterocycles. The molecule has 0 amide bonds. The third-order valence-electron chi connectivity index (χ3n) is 1.85. The van der Waals surface area contributed by atoms with Gasteiger partial charge in [0.1, 0.15) is 5.82 Å². The Hall–Kier alpha value is -1.15. The first kappa shape index (κ1) is 8.94. The molecule has 1 rings (SSSR count). The molecule has 2 N–H and O–H groups in total. The first-order chi connectivity index (χ1) is 5.65. The van der Waals surface area contributed by atoms with E-state index in [1.165, 1.54) is 12.1 Å². The lowest BCUT2D eigenvalue weighted by molar-refractivity contribution is 0.623. The van der Waals surface area contributed by atoms with Gasteiger partial charge in [0.05, 0.1) is 0 Å². The number of rotatable bonds is 2. The lowest BCUT2D eigenvalue weighted by atomic mass is 10.0. The van der Waals surface area contributed by atoms with Crippen LogP contribution in [0.3, 0.4) is 0 Å². The highest BCUT2D eigenvalue weighted by molar-refractivity contribution is 5.31. The largest absolute Gasteiger partial charge is 0.321 e. The standard InChI is InChI=1S/C10H12FN/c1-3-10(12)9-6-8(11)5-4-7(9)2/h3-6,10H,1,12H2,2H3/t10-/m1/s1. The van der Waals surface area contributed by atoms with Crippen LogP contribution in [0.25, 0.3) is 0 Å². The van der Waals surface area contributed by atoms with Crippen LogP contribution < -0.4 is 5.73 Å². The molecule has 0 bridgehead atoms. The van der Waals surface area contributed by atoms with E-state index in [9.17, 15) is 4.39 Å². The first-order valence-corrected chi connectivity index (χ1v) is 3.79. The Bertz CT molecular complexity index is 294. The van der Waals surface area contributed by atoms with Crippen LogP contribution in [0, 0.1) is 12.7 Å². The second kappa shape index (κ2) is 3.50. The molecule has 0 spiro atoms. The molecule has 0 aliphatic carbocycles. The Labute approximate surface area is 71.7 Å². The number of hydrogen-bond donors (Lipinski definition) is 1. The quantitative estimate of drug-likeness (QED) is 0.669. The fraction of sp³-hybridized carbons (Fsp3) is 0.200. The van der Waals surface area contributed by atoms with E-state index >= 15 is 0 Å². The summed E-state index contributed by atoms with van der Waals surface area (Å²) >= 11 is 0. The minimum Gasteiger partial charge on any atom is -0.321 e. The van der Waals surface area contributed by atoms with Crippen LogP contribution in [0.5, 0.6) is 0 Å². The monoisotopic (exact) mass is 165 g/mol. The van der Waals surface area contributed by atoms with Gasteiger partial charge in [0.2, 0.25) is 0 Å². The highest BCUT2D eigenvalue weighted by Crippen LogP contribution is 2.17. The van der Waals surface area contributed by atoms with Crippen molar-refractivity contribution in [2.24, 2.45) is 5.73 Å². The molecular formula is C10H12FN. The summed E-state index contributed by atoms with van der Waals surface area (Å²) in [5.74, 6) is -0.257. The molecule has 0 radical (unpaired) electrons. The number of benzene rings is 1. The van der Waals surface area contributed by atoms with Crippen molar-refractivity contribution in [3.8, 4) is 0 Å². The summed E-state index contributed by atoms with van der Waals surface area (Å²) in [6, 6.07) is 4.31. The van der Waals surface area contributed by atoms with Crippen molar-refractivity contribution in [1.82, 2.24) is 0 Å². The van der Waals surface area contributed by atoms with Crippen molar-refractivity contribution in [3.05, 3.63) is 47.8 Å². The second-order valence-electron chi connectivity index (χ2n) is 2.76. The van der Waals surface area contributed by atoms with Crippen molar-refractivity contribution < 1.29 is 4.39 Å². The van der Waals surface area contributed by atoms with Gasteiger partial charge >= 0.3 is 0 Å². The summed E-state index contributed by atoms with van der Waals surface area (Å²) in [5, 5.41) is 0. The Morgan fingerprint density at radius 3 is 2.83 bits per heavy atom. The van der Waals surface area contributed by atoms with E-state index in [-0.39, 0.29) is 11.9 Å². The van der Waals surface area contributed by atoms with E-state index < -0.39 is 0 Å². The Morgan fingerprint density at radius 2 is 2.25 bits per heavy atom. The number of nitrogens with two attached hydrogens (primary N) is 1. The van der Waals surface area contributed by atoms with Crippen molar-refractivity contribution in [3.63, 3.8) is 0 Å². The maximum absolute atomic E-state index is 12.8. The van der Waals surface area contributed by atoms with Crippen LogP contribution in [0.2, 0.25) is 0 Å². The van der Waals surface area contributed by atoms with Crippen molar-refractivity contribution in [2.75, 3.05) is 0 Å². The zero-order chi connectivity index (χ0) is 9.14. The topological polar surface area (TPSA) is 26.0 Å². The average Bonchev–Trinajstić information content (AvgIpc) is 2.08.